The Balaban J connectivity index is 2.01. The first-order valence-corrected chi connectivity index (χ1v) is 7.23. The van der Waals surface area contributed by atoms with E-state index in [0.717, 1.165) is 0 Å². The van der Waals surface area contributed by atoms with Crippen molar-refractivity contribution in [2.75, 3.05) is 12.4 Å². The van der Waals surface area contributed by atoms with Crippen LogP contribution in [0.2, 0.25) is 5.02 Å². The van der Waals surface area contributed by atoms with E-state index >= 15 is 0 Å². The van der Waals surface area contributed by atoms with Crippen LogP contribution in [-0.4, -0.2) is 18.0 Å². The average molecular weight is 329 g/mol. The molecule has 2 aromatic carbocycles. The van der Waals surface area contributed by atoms with Crippen molar-refractivity contribution in [3.05, 3.63) is 69.5 Å². The molecule has 23 heavy (non-hydrogen) atoms. The van der Waals surface area contributed by atoms with E-state index in [4.69, 9.17) is 16.3 Å². The number of fused-ring (bicyclic) bond motifs is 1. The Morgan fingerprint density at radius 3 is 2.74 bits per heavy atom. The summed E-state index contributed by atoms with van der Waals surface area (Å²) >= 11 is 5.88. The number of hydrogen-bond donors (Lipinski definition) is 2. The highest BCUT2D eigenvalue weighted by molar-refractivity contribution is 6.31. The van der Waals surface area contributed by atoms with E-state index in [9.17, 15) is 9.59 Å². The quantitative estimate of drug-likeness (QED) is 0.773. The molecule has 1 aromatic heterocycles. The number of halogens is 1. The fraction of sp³-hybridized carbons (Fsp3) is 0.0588. The maximum absolute atomic E-state index is 12.5. The first-order chi connectivity index (χ1) is 11.1. The zero-order valence-electron chi connectivity index (χ0n) is 12.2. The number of aromatic nitrogens is 1. The summed E-state index contributed by atoms with van der Waals surface area (Å²) in [5, 5.41) is 3.55. The lowest BCUT2D eigenvalue weighted by Crippen LogP contribution is -2.22. The summed E-state index contributed by atoms with van der Waals surface area (Å²) in [6, 6.07) is 11.8. The normalized spacial score (nSPS) is 10.5. The lowest BCUT2D eigenvalue weighted by molar-refractivity contribution is 0.102. The van der Waals surface area contributed by atoms with Gasteiger partial charge in [-0.3, -0.25) is 9.59 Å². The minimum absolute atomic E-state index is 0.0192. The number of nitrogens with one attached hydrogen (secondary N) is 2. The number of amides is 1. The van der Waals surface area contributed by atoms with Crippen LogP contribution >= 0.6 is 11.6 Å². The number of pyridine rings is 1. The van der Waals surface area contributed by atoms with E-state index in [1.165, 1.54) is 13.3 Å². The van der Waals surface area contributed by atoms with Crippen LogP contribution in [0.5, 0.6) is 5.75 Å². The van der Waals surface area contributed by atoms with E-state index in [1.54, 1.807) is 42.5 Å². The third-order valence-corrected chi connectivity index (χ3v) is 3.66. The van der Waals surface area contributed by atoms with Gasteiger partial charge in [-0.2, -0.15) is 0 Å². The van der Waals surface area contributed by atoms with Gasteiger partial charge in [-0.15, -0.1) is 0 Å². The Morgan fingerprint density at radius 2 is 2.00 bits per heavy atom. The van der Waals surface area contributed by atoms with Gasteiger partial charge in [0.05, 0.1) is 18.0 Å². The maximum Gasteiger partial charge on any atom is 0.261 e. The molecule has 0 fully saturated rings. The molecule has 1 heterocycles. The van der Waals surface area contributed by atoms with Crippen LogP contribution < -0.4 is 15.5 Å². The number of rotatable bonds is 3. The monoisotopic (exact) mass is 328 g/mol. The van der Waals surface area contributed by atoms with Crippen molar-refractivity contribution in [2.45, 2.75) is 0 Å². The van der Waals surface area contributed by atoms with Crippen molar-refractivity contribution in [1.29, 1.82) is 0 Å². The lowest BCUT2D eigenvalue weighted by atomic mass is 10.1. The minimum Gasteiger partial charge on any atom is -0.495 e. The minimum atomic E-state index is -0.502. The van der Waals surface area contributed by atoms with Gasteiger partial charge >= 0.3 is 0 Å². The molecule has 0 aliphatic heterocycles. The van der Waals surface area contributed by atoms with E-state index in [1.807, 2.05) is 0 Å². The fourth-order valence-corrected chi connectivity index (χ4v) is 2.52. The predicted octanol–water partition coefficient (Wildman–Crippen LogP) is 3.44. The molecule has 0 saturated heterocycles. The molecule has 0 spiro atoms. The predicted molar refractivity (Wildman–Crippen MR) is 90.5 cm³/mol. The smallest absolute Gasteiger partial charge is 0.261 e. The van der Waals surface area contributed by atoms with Gasteiger partial charge in [0.25, 0.3) is 5.91 Å². The van der Waals surface area contributed by atoms with Crippen LogP contribution in [0.1, 0.15) is 10.4 Å². The highest BCUT2D eigenvalue weighted by atomic mass is 35.5. The van der Waals surface area contributed by atoms with Crippen LogP contribution in [0, 0.1) is 0 Å². The molecule has 0 unspecified atom stereocenters. The summed E-state index contributed by atoms with van der Waals surface area (Å²) in [6.45, 7) is 0. The summed E-state index contributed by atoms with van der Waals surface area (Å²) < 4.78 is 5.21. The third kappa shape index (κ3) is 2.91. The summed E-state index contributed by atoms with van der Waals surface area (Å²) in [5.41, 5.74) is 0.731. The van der Waals surface area contributed by atoms with Crippen molar-refractivity contribution >= 4 is 34.1 Å². The summed E-state index contributed by atoms with van der Waals surface area (Å²) in [7, 11) is 1.52. The first-order valence-electron chi connectivity index (χ1n) is 6.85. The van der Waals surface area contributed by atoms with Gasteiger partial charge in [-0.05, 0) is 30.3 Å². The number of ether oxygens (including phenoxy) is 1. The Bertz CT molecular complexity index is 950. The number of anilines is 1. The molecule has 3 rings (SSSR count). The van der Waals surface area contributed by atoms with Crippen LogP contribution in [0.4, 0.5) is 5.69 Å². The molecule has 116 valence electrons. The Morgan fingerprint density at radius 1 is 1.22 bits per heavy atom. The fourth-order valence-electron chi connectivity index (χ4n) is 2.33. The molecule has 2 N–H and O–H groups in total. The SMILES string of the molecule is COc1cccc2c(=O)c(C(=O)Nc3cccc(Cl)c3)c[nH]c12. The Hall–Kier alpha value is -2.79. The second kappa shape index (κ2) is 6.14. The summed E-state index contributed by atoms with van der Waals surface area (Å²) in [6.07, 6.45) is 1.38. The molecule has 0 saturated carbocycles. The second-order valence-corrected chi connectivity index (χ2v) is 5.32. The van der Waals surface area contributed by atoms with Gasteiger partial charge in [0.15, 0.2) is 0 Å². The summed E-state index contributed by atoms with van der Waals surface area (Å²) in [4.78, 5) is 27.8. The van der Waals surface area contributed by atoms with E-state index in [-0.39, 0.29) is 11.0 Å². The number of para-hydroxylation sites is 1. The Labute approximate surface area is 136 Å². The molecule has 0 radical (unpaired) electrons. The van der Waals surface area contributed by atoms with Crippen molar-refractivity contribution in [3.63, 3.8) is 0 Å². The van der Waals surface area contributed by atoms with Gasteiger partial charge in [-0.25, -0.2) is 0 Å². The largest absolute Gasteiger partial charge is 0.495 e. The molecular weight excluding hydrogens is 316 g/mol. The molecule has 1 amide bonds. The van der Waals surface area contributed by atoms with Crippen LogP contribution in [0.3, 0.4) is 0 Å². The van der Waals surface area contributed by atoms with E-state index < -0.39 is 5.91 Å². The third-order valence-electron chi connectivity index (χ3n) is 3.42. The van der Waals surface area contributed by atoms with Gasteiger partial charge in [0.1, 0.15) is 11.3 Å². The van der Waals surface area contributed by atoms with Gasteiger partial charge < -0.3 is 15.0 Å². The second-order valence-electron chi connectivity index (χ2n) is 4.88. The highest BCUT2D eigenvalue weighted by Gasteiger charge is 2.14. The van der Waals surface area contributed by atoms with E-state index in [2.05, 4.69) is 10.3 Å². The van der Waals surface area contributed by atoms with Crippen LogP contribution in [0.15, 0.2) is 53.5 Å². The first kappa shape index (κ1) is 15.1. The van der Waals surface area contributed by atoms with Crippen molar-refractivity contribution in [1.82, 2.24) is 4.98 Å². The van der Waals surface area contributed by atoms with Crippen molar-refractivity contribution in [2.24, 2.45) is 0 Å². The Kier molecular flexibility index (Phi) is 4.04. The van der Waals surface area contributed by atoms with Crippen molar-refractivity contribution < 1.29 is 9.53 Å². The van der Waals surface area contributed by atoms with Crippen molar-refractivity contribution in [3.8, 4) is 5.75 Å². The molecule has 0 aliphatic carbocycles. The molecular formula is C17H13ClN2O3. The number of benzene rings is 2. The van der Waals surface area contributed by atoms with Crippen LogP contribution in [-0.2, 0) is 0 Å². The van der Waals surface area contributed by atoms with Gasteiger partial charge in [0.2, 0.25) is 5.43 Å². The number of aromatic amines is 1. The highest BCUT2D eigenvalue weighted by Crippen LogP contribution is 2.21. The molecule has 0 aliphatic rings. The number of methoxy groups -OCH3 is 1. The number of H-pyrrole nitrogens is 1. The molecule has 0 bridgehead atoms. The summed E-state index contributed by atoms with van der Waals surface area (Å²) in [5.74, 6) is 0.0413. The number of carbonyl (C=O) groups is 1. The van der Waals surface area contributed by atoms with Crippen LogP contribution in [0.25, 0.3) is 10.9 Å². The zero-order valence-corrected chi connectivity index (χ0v) is 13.0. The number of carbonyl (C=O) groups excluding carboxylic acids is 1. The van der Waals surface area contributed by atoms with Gasteiger partial charge in [-0.1, -0.05) is 23.7 Å². The standard InChI is InChI=1S/C17H13ClN2O3/c1-23-14-7-3-6-12-15(14)19-9-13(16(12)21)17(22)20-11-5-2-4-10(18)8-11/h2-9H,1H3,(H,19,21)(H,20,22). The molecule has 3 aromatic rings. The average Bonchev–Trinajstić information content (AvgIpc) is 2.54. The molecule has 6 heteroatoms. The van der Waals surface area contributed by atoms with E-state index in [0.29, 0.717) is 27.4 Å². The molecule has 0 atom stereocenters. The number of hydrogen-bond acceptors (Lipinski definition) is 3. The molecule has 5 nitrogen and oxygen atoms in total. The lowest BCUT2D eigenvalue weighted by Gasteiger charge is -2.08. The maximum atomic E-state index is 12.5. The zero-order chi connectivity index (χ0) is 16.4. The topological polar surface area (TPSA) is 71.2 Å². The van der Waals surface area contributed by atoms with Gasteiger partial charge in [0, 0.05) is 16.9 Å².